The standard InChI is InChI=1S/C14H25N3OS/c18-14(16-7-9-19-10-8-16)15-12-5-6-17(11-12)13-3-1-2-4-13/h12-13H,1-11H2,(H,15,18). The predicted octanol–water partition coefficient (Wildman–Crippen LogP) is 1.76. The van der Waals surface area contributed by atoms with Crippen LogP contribution in [0.15, 0.2) is 0 Å². The van der Waals surface area contributed by atoms with Gasteiger partial charge in [-0.2, -0.15) is 11.8 Å². The number of thioether (sulfide) groups is 1. The summed E-state index contributed by atoms with van der Waals surface area (Å²) in [6.45, 7) is 4.07. The number of hydrogen-bond donors (Lipinski definition) is 1. The molecule has 2 amide bonds. The first-order chi connectivity index (χ1) is 9.33. The molecular formula is C14H25N3OS. The Morgan fingerprint density at radius 3 is 2.53 bits per heavy atom. The predicted molar refractivity (Wildman–Crippen MR) is 79.7 cm³/mol. The Morgan fingerprint density at radius 2 is 1.79 bits per heavy atom. The molecule has 0 radical (unpaired) electrons. The van der Waals surface area contributed by atoms with Gasteiger partial charge in [0, 0.05) is 49.8 Å². The SMILES string of the molecule is O=C(NC1CCN(C2CCCC2)C1)N1CCSCC1. The second-order valence-electron chi connectivity index (χ2n) is 5.97. The van der Waals surface area contributed by atoms with Crippen LogP contribution in [0.2, 0.25) is 0 Å². The summed E-state index contributed by atoms with van der Waals surface area (Å²) in [6.07, 6.45) is 6.64. The van der Waals surface area contributed by atoms with Crippen molar-refractivity contribution >= 4 is 17.8 Å². The maximum absolute atomic E-state index is 12.2. The molecular weight excluding hydrogens is 258 g/mol. The van der Waals surface area contributed by atoms with Gasteiger partial charge in [0.25, 0.3) is 0 Å². The van der Waals surface area contributed by atoms with E-state index in [-0.39, 0.29) is 6.03 Å². The Morgan fingerprint density at radius 1 is 1.05 bits per heavy atom. The summed E-state index contributed by atoms with van der Waals surface area (Å²) in [5, 5.41) is 3.24. The van der Waals surface area contributed by atoms with Gasteiger partial charge in [-0.15, -0.1) is 0 Å². The van der Waals surface area contributed by atoms with Crippen molar-refractivity contribution in [2.45, 2.75) is 44.2 Å². The molecule has 4 nitrogen and oxygen atoms in total. The van der Waals surface area contributed by atoms with Crippen molar-refractivity contribution in [1.29, 1.82) is 0 Å². The van der Waals surface area contributed by atoms with Crippen molar-refractivity contribution in [2.24, 2.45) is 0 Å². The fourth-order valence-electron chi connectivity index (χ4n) is 3.54. The lowest BCUT2D eigenvalue weighted by Crippen LogP contribution is -2.48. The van der Waals surface area contributed by atoms with Crippen LogP contribution in [-0.2, 0) is 0 Å². The molecule has 3 rings (SSSR count). The average molecular weight is 283 g/mol. The van der Waals surface area contributed by atoms with Crippen LogP contribution >= 0.6 is 11.8 Å². The van der Waals surface area contributed by atoms with Gasteiger partial charge in [-0.1, -0.05) is 12.8 Å². The molecule has 1 atom stereocenters. The highest BCUT2D eigenvalue weighted by molar-refractivity contribution is 7.99. The Hall–Kier alpha value is -0.420. The van der Waals surface area contributed by atoms with Crippen LogP contribution in [0.4, 0.5) is 4.79 Å². The molecule has 0 spiro atoms. The molecule has 0 aromatic carbocycles. The number of carbonyl (C=O) groups excluding carboxylic acids is 1. The van der Waals surface area contributed by atoms with Crippen LogP contribution in [-0.4, -0.2) is 65.6 Å². The van der Waals surface area contributed by atoms with Crippen LogP contribution in [0.3, 0.4) is 0 Å². The molecule has 3 aliphatic rings. The molecule has 0 aromatic rings. The Bertz CT molecular complexity index is 314. The zero-order valence-corrected chi connectivity index (χ0v) is 12.5. The molecule has 2 heterocycles. The van der Waals surface area contributed by atoms with E-state index in [1.807, 2.05) is 16.7 Å². The van der Waals surface area contributed by atoms with Crippen LogP contribution in [0.5, 0.6) is 0 Å². The smallest absolute Gasteiger partial charge is 0.317 e. The van der Waals surface area contributed by atoms with E-state index in [1.54, 1.807) is 0 Å². The Balaban J connectivity index is 1.44. The number of rotatable bonds is 2. The first-order valence-electron chi connectivity index (χ1n) is 7.70. The van der Waals surface area contributed by atoms with Crippen LogP contribution < -0.4 is 5.32 Å². The zero-order valence-electron chi connectivity index (χ0n) is 11.6. The Labute approximate surface area is 120 Å². The van der Waals surface area contributed by atoms with Gasteiger partial charge in [-0.05, 0) is 19.3 Å². The van der Waals surface area contributed by atoms with Gasteiger partial charge in [-0.25, -0.2) is 4.79 Å². The molecule has 2 aliphatic heterocycles. The van der Waals surface area contributed by atoms with E-state index in [0.29, 0.717) is 6.04 Å². The number of likely N-dealkylation sites (tertiary alicyclic amines) is 1. The third kappa shape index (κ3) is 3.37. The topological polar surface area (TPSA) is 35.6 Å². The lowest BCUT2D eigenvalue weighted by molar-refractivity contribution is 0.196. The maximum atomic E-state index is 12.2. The number of amides is 2. The summed E-state index contributed by atoms with van der Waals surface area (Å²) < 4.78 is 0. The highest BCUT2D eigenvalue weighted by Gasteiger charge is 2.31. The molecule has 0 aromatic heterocycles. The van der Waals surface area contributed by atoms with Crippen molar-refractivity contribution in [3.8, 4) is 0 Å². The van der Waals surface area contributed by atoms with Gasteiger partial charge in [-0.3, -0.25) is 4.90 Å². The number of nitrogens with zero attached hydrogens (tertiary/aromatic N) is 2. The van der Waals surface area contributed by atoms with Crippen molar-refractivity contribution in [1.82, 2.24) is 15.1 Å². The minimum absolute atomic E-state index is 0.165. The molecule has 1 N–H and O–H groups in total. The van der Waals surface area contributed by atoms with Gasteiger partial charge in [0.1, 0.15) is 0 Å². The first kappa shape index (κ1) is 13.6. The number of nitrogens with one attached hydrogen (secondary N) is 1. The van der Waals surface area contributed by atoms with E-state index >= 15 is 0 Å². The van der Waals surface area contributed by atoms with Gasteiger partial charge >= 0.3 is 6.03 Å². The molecule has 108 valence electrons. The fraction of sp³-hybridized carbons (Fsp3) is 0.929. The third-order valence-corrected chi connectivity index (χ3v) is 5.63. The third-order valence-electron chi connectivity index (χ3n) is 4.69. The van der Waals surface area contributed by atoms with E-state index < -0.39 is 0 Å². The number of hydrogen-bond acceptors (Lipinski definition) is 3. The molecule has 5 heteroatoms. The maximum Gasteiger partial charge on any atom is 0.317 e. The van der Waals surface area contributed by atoms with Crippen LogP contribution in [0, 0.1) is 0 Å². The second kappa shape index (κ2) is 6.35. The summed E-state index contributed by atoms with van der Waals surface area (Å²) in [5.74, 6) is 2.18. The van der Waals surface area contributed by atoms with Crippen LogP contribution in [0.1, 0.15) is 32.1 Å². The Kier molecular flexibility index (Phi) is 4.53. The summed E-state index contributed by atoms with van der Waals surface area (Å²) in [7, 11) is 0. The summed E-state index contributed by atoms with van der Waals surface area (Å²) in [4.78, 5) is 16.8. The highest BCUT2D eigenvalue weighted by atomic mass is 32.2. The quantitative estimate of drug-likeness (QED) is 0.839. The summed E-state index contributed by atoms with van der Waals surface area (Å²) in [6, 6.07) is 1.34. The normalized spacial score (nSPS) is 29.9. The molecule has 1 saturated carbocycles. The van der Waals surface area contributed by atoms with Gasteiger partial charge in [0.05, 0.1) is 0 Å². The second-order valence-corrected chi connectivity index (χ2v) is 7.19. The lowest BCUT2D eigenvalue weighted by Gasteiger charge is -2.28. The fourth-order valence-corrected chi connectivity index (χ4v) is 4.44. The van der Waals surface area contributed by atoms with Gasteiger partial charge < -0.3 is 10.2 Å². The summed E-state index contributed by atoms with van der Waals surface area (Å²) in [5.41, 5.74) is 0. The molecule has 1 unspecified atom stereocenters. The lowest BCUT2D eigenvalue weighted by atomic mass is 10.2. The largest absolute Gasteiger partial charge is 0.334 e. The molecule has 2 saturated heterocycles. The van der Waals surface area contributed by atoms with Crippen molar-refractivity contribution in [2.75, 3.05) is 37.7 Å². The van der Waals surface area contributed by atoms with E-state index in [2.05, 4.69) is 10.2 Å². The van der Waals surface area contributed by atoms with E-state index in [0.717, 1.165) is 43.6 Å². The number of carbonyl (C=O) groups is 1. The van der Waals surface area contributed by atoms with E-state index in [9.17, 15) is 4.79 Å². The van der Waals surface area contributed by atoms with E-state index in [1.165, 1.54) is 32.2 Å². The monoisotopic (exact) mass is 283 g/mol. The van der Waals surface area contributed by atoms with E-state index in [4.69, 9.17) is 0 Å². The molecule has 0 bridgehead atoms. The van der Waals surface area contributed by atoms with Gasteiger partial charge in [0.15, 0.2) is 0 Å². The first-order valence-corrected chi connectivity index (χ1v) is 8.85. The highest BCUT2D eigenvalue weighted by Crippen LogP contribution is 2.26. The molecule has 3 fully saturated rings. The average Bonchev–Trinajstić information content (AvgIpc) is 3.10. The summed E-state index contributed by atoms with van der Waals surface area (Å²) >= 11 is 1.95. The van der Waals surface area contributed by atoms with Crippen molar-refractivity contribution < 1.29 is 4.79 Å². The minimum atomic E-state index is 0.165. The molecule has 1 aliphatic carbocycles. The van der Waals surface area contributed by atoms with Crippen molar-refractivity contribution in [3.63, 3.8) is 0 Å². The van der Waals surface area contributed by atoms with Crippen molar-refractivity contribution in [3.05, 3.63) is 0 Å². The number of urea groups is 1. The van der Waals surface area contributed by atoms with Gasteiger partial charge in [0.2, 0.25) is 0 Å². The minimum Gasteiger partial charge on any atom is -0.334 e. The van der Waals surface area contributed by atoms with Crippen LogP contribution in [0.25, 0.3) is 0 Å². The molecule has 19 heavy (non-hydrogen) atoms. The zero-order chi connectivity index (χ0) is 13.1.